The molecule has 0 saturated heterocycles. The Labute approximate surface area is 188 Å². The lowest BCUT2D eigenvalue weighted by Gasteiger charge is -2.03. The second kappa shape index (κ2) is 25.6. The molecule has 0 aromatic rings. The van der Waals surface area contributed by atoms with Crippen LogP contribution in [-0.4, -0.2) is 18.3 Å². The first kappa shape index (κ1) is 28.6. The molecule has 0 radical (unpaired) electrons. The molecule has 2 nitrogen and oxygen atoms in total. The lowest BCUT2D eigenvalue weighted by Crippen LogP contribution is -2.02. The zero-order chi connectivity index (χ0) is 21.3. The highest BCUT2D eigenvalue weighted by atomic mass is 32.1. The van der Waals surface area contributed by atoms with E-state index in [-0.39, 0.29) is 5.97 Å². The zero-order valence-corrected chi connectivity index (χ0v) is 20.4. The van der Waals surface area contributed by atoms with Crippen LogP contribution < -0.4 is 0 Å². The van der Waals surface area contributed by atoms with Crippen LogP contribution in [0.5, 0.6) is 0 Å². The van der Waals surface area contributed by atoms with Crippen LogP contribution in [0.3, 0.4) is 0 Å². The van der Waals surface area contributed by atoms with E-state index in [4.69, 9.17) is 4.74 Å². The van der Waals surface area contributed by atoms with Crippen LogP contribution >= 0.6 is 12.6 Å². The van der Waals surface area contributed by atoms with Crippen molar-refractivity contribution in [2.45, 2.75) is 135 Å². The van der Waals surface area contributed by atoms with Crippen molar-refractivity contribution in [2.75, 3.05) is 12.4 Å². The number of allylic oxidation sites excluding steroid dienone is 1. The molecule has 0 rings (SSSR count). The van der Waals surface area contributed by atoms with Crippen LogP contribution in [0, 0.1) is 0 Å². The van der Waals surface area contributed by atoms with E-state index in [9.17, 15) is 4.79 Å². The molecule has 0 aliphatic heterocycles. The summed E-state index contributed by atoms with van der Waals surface area (Å²) >= 11 is 4.01. The van der Waals surface area contributed by atoms with E-state index in [0.717, 1.165) is 6.42 Å². The number of rotatable bonds is 23. The van der Waals surface area contributed by atoms with Crippen molar-refractivity contribution in [1.82, 2.24) is 0 Å². The van der Waals surface area contributed by atoms with Gasteiger partial charge < -0.3 is 4.74 Å². The molecule has 0 aliphatic rings. The third kappa shape index (κ3) is 25.5. The zero-order valence-electron chi connectivity index (χ0n) is 19.5. The quantitative estimate of drug-likeness (QED) is 0.0764. The normalized spacial score (nSPS) is 11.4. The van der Waals surface area contributed by atoms with Gasteiger partial charge in [0.05, 0.1) is 0 Å². The van der Waals surface area contributed by atoms with E-state index in [1.807, 2.05) is 6.08 Å². The fraction of sp³-hybridized carbons (Fsp3) is 0.885. The van der Waals surface area contributed by atoms with Crippen molar-refractivity contribution >= 4 is 18.6 Å². The molecule has 0 aromatic heterocycles. The predicted molar refractivity (Wildman–Crippen MR) is 132 cm³/mol. The molecular weight excluding hydrogens is 376 g/mol. The summed E-state index contributed by atoms with van der Waals surface area (Å²) < 4.78 is 4.93. The number of carbonyl (C=O) groups excluding carboxylic acids is 1. The van der Waals surface area contributed by atoms with Gasteiger partial charge in [0.25, 0.3) is 0 Å². The first-order chi connectivity index (χ1) is 14.3. The van der Waals surface area contributed by atoms with E-state index in [1.165, 1.54) is 122 Å². The van der Waals surface area contributed by atoms with Crippen LogP contribution in [0.1, 0.15) is 135 Å². The number of thiol groups is 1. The third-order valence-electron chi connectivity index (χ3n) is 5.56. The molecule has 0 heterocycles. The number of unbranched alkanes of at least 4 members (excludes halogenated alkanes) is 19. The standard InChI is InChI=1S/C26H50O2S/c1-2-3-4-5-6-7-8-9-10-11-12-13-14-15-16-17-18-19-20-21-22-23-26(27)28-24-25-29/h22-23,29H,2-21,24-25H2,1H3/b23-22+. The highest BCUT2D eigenvalue weighted by Crippen LogP contribution is 2.14. The van der Waals surface area contributed by atoms with Crippen molar-refractivity contribution in [3.8, 4) is 0 Å². The van der Waals surface area contributed by atoms with Gasteiger partial charge in [-0.3, -0.25) is 0 Å². The maximum absolute atomic E-state index is 11.3. The molecule has 0 atom stereocenters. The van der Waals surface area contributed by atoms with E-state index in [2.05, 4.69) is 19.6 Å². The molecule has 3 heteroatoms. The Morgan fingerprint density at radius 3 is 1.41 bits per heavy atom. The van der Waals surface area contributed by atoms with Gasteiger partial charge in [-0.2, -0.15) is 12.6 Å². The molecule has 0 spiro atoms. The van der Waals surface area contributed by atoms with Crippen LogP contribution in [0.4, 0.5) is 0 Å². The van der Waals surface area contributed by atoms with Crippen LogP contribution in [-0.2, 0) is 9.53 Å². The lowest BCUT2D eigenvalue weighted by atomic mass is 10.0. The molecule has 0 aromatic carbocycles. The summed E-state index contributed by atoms with van der Waals surface area (Å²) in [7, 11) is 0. The van der Waals surface area contributed by atoms with E-state index in [0.29, 0.717) is 12.4 Å². The third-order valence-corrected chi connectivity index (χ3v) is 5.75. The fourth-order valence-corrected chi connectivity index (χ4v) is 3.81. The number of hydrogen-bond acceptors (Lipinski definition) is 3. The summed E-state index contributed by atoms with van der Waals surface area (Å²) in [6.45, 7) is 2.68. The van der Waals surface area contributed by atoms with Crippen LogP contribution in [0.25, 0.3) is 0 Å². The number of hydrogen-bond donors (Lipinski definition) is 1. The summed E-state index contributed by atoms with van der Waals surface area (Å²) in [6.07, 6.45) is 31.2. The second-order valence-electron chi connectivity index (χ2n) is 8.45. The lowest BCUT2D eigenvalue weighted by molar-refractivity contribution is -0.137. The van der Waals surface area contributed by atoms with E-state index < -0.39 is 0 Å². The Balaban J connectivity index is 3.10. The molecule has 0 amide bonds. The maximum Gasteiger partial charge on any atom is 0.330 e. The topological polar surface area (TPSA) is 26.3 Å². The molecular formula is C26H50O2S. The molecule has 0 aliphatic carbocycles. The Hall–Kier alpha value is -0.440. The van der Waals surface area contributed by atoms with Gasteiger partial charge in [0.1, 0.15) is 6.61 Å². The summed E-state index contributed by atoms with van der Waals surface area (Å²) in [5.74, 6) is 0.343. The summed E-state index contributed by atoms with van der Waals surface area (Å²) in [6, 6.07) is 0. The Morgan fingerprint density at radius 1 is 0.655 bits per heavy atom. The minimum absolute atomic E-state index is 0.239. The molecule has 29 heavy (non-hydrogen) atoms. The van der Waals surface area contributed by atoms with E-state index in [1.54, 1.807) is 6.08 Å². The van der Waals surface area contributed by atoms with Crippen molar-refractivity contribution in [1.29, 1.82) is 0 Å². The predicted octanol–water partition coefficient (Wildman–Crippen LogP) is 8.84. The molecule has 0 bridgehead atoms. The first-order valence-electron chi connectivity index (χ1n) is 12.8. The van der Waals surface area contributed by atoms with Crippen molar-refractivity contribution in [3.63, 3.8) is 0 Å². The van der Waals surface area contributed by atoms with Gasteiger partial charge in [-0.1, -0.05) is 129 Å². The minimum Gasteiger partial charge on any atom is -0.462 e. The summed E-state index contributed by atoms with van der Waals surface area (Å²) in [5, 5.41) is 0. The largest absolute Gasteiger partial charge is 0.462 e. The summed E-state index contributed by atoms with van der Waals surface area (Å²) in [4.78, 5) is 11.3. The first-order valence-corrected chi connectivity index (χ1v) is 13.4. The Bertz CT molecular complexity index is 355. The molecule has 0 N–H and O–H groups in total. The Kier molecular flexibility index (Phi) is 25.2. The molecule has 0 unspecified atom stereocenters. The monoisotopic (exact) mass is 426 g/mol. The number of esters is 1. The van der Waals surface area contributed by atoms with Gasteiger partial charge in [-0.15, -0.1) is 0 Å². The van der Waals surface area contributed by atoms with Crippen molar-refractivity contribution in [3.05, 3.63) is 12.2 Å². The van der Waals surface area contributed by atoms with Gasteiger partial charge >= 0.3 is 5.97 Å². The SMILES string of the molecule is CCCCCCCCCCCCCCCCCCCCC/C=C/C(=O)OCCS. The van der Waals surface area contributed by atoms with Gasteiger partial charge in [0.2, 0.25) is 0 Å². The second-order valence-corrected chi connectivity index (χ2v) is 8.89. The van der Waals surface area contributed by atoms with E-state index >= 15 is 0 Å². The minimum atomic E-state index is -0.239. The van der Waals surface area contributed by atoms with Gasteiger partial charge in [0.15, 0.2) is 0 Å². The molecule has 0 fully saturated rings. The van der Waals surface area contributed by atoms with Gasteiger partial charge in [0, 0.05) is 11.8 Å². The number of carbonyl (C=O) groups is 1. The van der Waals surface area contributed by atoms with Crippen LogP contribution in [0.15, 0.2) is 12.2 Å². The van der Waals surface area contributed by atoms with Gasteiger partial charge in [-0.25, -0.2) is 4.79 Å². The highest BCUT2D eigenvalue weighted by Gasteiger charge is 1.96. The van der Waals surface area contributed by atoms with Crippen molar-refractivity contribution < 1.29 is 9.53 Å². The average molecular weight is 427 g/mol. The Morgan fingerprint density at radius 2 is 1.03 bits per heavy atom. The van der Waals surface area contributed by atoms with Crippen molar-refractivity contribution in [2.24, 2.45) is 0 Å². The van der Waals surface area contributed by atoms with Crippen LogP contribution in [0.2, 0.25) is 0 Å². The fourth-order valence-electron chi connectivity index (χ4n) is 3.71. The maximum atomic E-state index is 11.3. The molecule has 0 saturated carbocycles. The van der Waals surface area contributed by atoms with Gasteiger partial charge in [-0.05, 0) is 12.8 Å². The summed E-state index contributed by atoms with van der Waals surface area (Å²) in [5.41, 5.74) is 0. The highest BCUT2D eigenvalue weighted by molar-refractivity contribution is 7.80. The molecule has 172 valence electrons. The number of ether oxygens (including phenoxy) is 1. The average Bonchev–Trinajstić information content (AvgIpc) is 2.73. The smallest absolute Gasteiger partial charge is 0.330 e.